The number of rotatable bonds is 9. The van der Waals surface area contributed by atoms with E-state index in [1.54, 1.807) is 32.4 Å². The van der Waals surface area contributed by atoms with Crippen molar-refractivity contribution in [1.82, 2.24) is 0 Å². The molecule has 0 spiro atoms. The van der Waals surface area contributed by atoms with Gasteiger partial charge in [-0.15, -0.1) is 0 Å². The SMILES string of the molecule is COCOc1ccc([C@H]2Oc3c(COC)cc(OCOC)cc3[C@H]3CC(F)(F)C[C@H]32)cc1. The van der Waals surface area contributed by atoms with Crippen LogP contribution in [0.5, 0.6) is 17.2 Å². The van der Waals surface area contributed by atoms with Crippen LogP contribution in [-0.4, -0.2) is 40.8 Å². The van der Waals surface area contributed by atoms with Crippen molar-refractivity contribution in [3.63, 3.8) is 0 Å². The Morgan fingerprint density at radius 1 is 0.906 bits per heavy atom. The monoisotopic (exact) mass is 450 g/mol. The lowest BCUT2D eigenvalue weighted by Gasteiger charge is -2.37. The molecule has 6 nitrogen and oxygen atoms in total. The third kappa shape index (κ3) is 4.67. The number of methoxy groups -OCH3 is 3. The van der Waals surface area contributed by atoms with Crippen molar-refractivity contribution >= 4 is 0 Å². The van der Waals surface area contributed by atoms with Crippen LogP contribution in [0, 0.1) is 5.92 Å². The molecule has 32 heavy (non-hydrogen) atoms. The van der Waals surface area contributed by atoms with Crippen LogP contribution in [0.1, 0.15) is 41.6 Å². The number of halogens is 2. The normalized spacial score (nSPS) is 23.2. The molecule has 1 aliphatic heterocycles. The van der Waals surface area contributed by atoms with Crippen LogP contribution < -0.4 is 14.2 Å². The van der Waals surface area contributed by atoms with Gasteiger partial charge in [0.2, 0.25) is 5.92 Å². The van der Waals surface area contributed by atoms with E-state index in [1.807, 2.05) is 18.2 Å². The van der Waals surface area contributed by atoms with Gasteiger partial charge in [0.05, 0.1) is 6.61 Å². The predicted molar refractivity (Wildman–Crippen MR) is 112 cm³/mol. The summed E-state index contributed by atoms with van der Waals surface area (Å²) in [7, 11) is 4.66. The zero-order chi connectivity index (χ0) is 22.7. The Labute approximate surface area is 186 Å². The molecule has 2 aromatic carbocycles. The molecule has 2 aliphatic rings. The van der Waals surface area contributed by atoms with Crippen LogP contribution in [0.2, 0.25) is 0 Å². The first-order valence-electron chi connectivity index (χ1n) is 10.5. The van der Waals surface area contributed by atoms with E-state index in [-0.39, 0.29) is 44.9 Å². The Hall–Kier alpha value is -2.42. The van der Waals surface area contributed by atoms with Crippen molar-refractivity contribution in [3.05, 3.63) is 53.1 Å². The molecule has 2 aromatic rings. The number of hydrogen-bond acceptors (Lipinski definition) is 6. The van der Waals surface area contributed by atoms with Gasteiger partial charge in [0.25, 0.3) is 0 Å². The van der Waals surface area contributed by atoms with Crippen molar-refractivity contribution in [1.29, 1.82) is 0 Å². The van der Waals surface area contributed by atoms with Crippen molar-refractivity contribution < 1.29 is 37.2 Å². The highest BCUT2D eigenvalue weighted by Crippen LogP contribution is 2.59. The lowest BCUT2D eigenvalue weighted by atomic mass is 9.79. The Balaban J connectivity index is 1.72. The third-order valence-corrected chi connectivity index (χ3v) is 5.97. The zero-order valence-electron chi connectivity index (χ0n) is 18.4. The molecule has 0 radical (unpaired) electrons. The summed E-state index contributed by atoms with van der Waals surface area (Å²) < 4.78 is 62.0. The van der Waals surface area contributed by atoms with Crippen LogP contribution in [0.4, 0.5) is 8.78 Å². The summed E-state index contributed by atoms with van der Waals surface area (Å²) in [5.74, 6) is -1.69. The van der Waals surface area contributed by atoms with Crippen LogP contribution >= 0.6 is 0 Å². The second-order valence-corrected chi connectivity index (χ2v) is 8.18. The molecule has 1 heterocycles. The highest BCUT2D eigenvalue weighted by atomic mass is 19.3. The standard InChI is InChI=1S/C24H28F2O6/c1-27-12-16-8-18(31-14-29-3)9-19-20-10-24(25,26)11-21(20)22(32-23(16)19)15-4-6-17(7-5-15)30-13-28-2/h4-9,20-22H,10-14H2,1-3H3/t20-,21-,22-/m1/s1. The van der Waals surface area contributed by atoms with Gasteiger partial charge < -0.3 is 28.4 Å². The molecule has 1 saturated carbocycles. The number of fused-ring (bicyclic) bond motifs is 3. The molecule has 1 aliphatic carbocycles. The fraction of sp³-hybridized carbons (Fsp3) is 0.500. The second kappa shape index (κ2) is 9.60. The maximum absolute atomic E-state index is 14.6. The minimum atomic E-state index is -2.76. The first-order valence-corrected chi connectivity index (χ1v) is 10.5. The van der Waals surface area contributed by atoms with E-state index in [0.717, 1.165) is 16.7 Å². The third-order valence-electron chi connectivity index (χ3n) is 5.97. The molecule has 0 bridgehead atoms. The summed E-state index contributed by atoms with van der Waals surface area (Å²) in [6.07, 6.45) is -0.953. The number of ether oxygens (including phenoxy) is 6. The maximum atomic E-state index is 14.6. The van der Waals surface area contributed by atoms with Crippen molar-refractivity contribution in [2.75, 3.05) is 34.9 Å². The van der Waals surface area contributed by atoms with Crippen LogP contribution in [-0.2, 0) is 20.8 Å². The maximum Gasteiger partial charge on any atom is 0.249 e. The Morgan fingerprint density at radius 3 is 2.25 bits per heavy atom. The van der Waals surface area contributed by atoms with Gasteiger partial charge in [-0.05, 0) is 29.8 Å². The fourth-order valence-electron chi connectivity index (χ4n) is 4.69. The average molecular weight is 450 g/mol. The zero-order valence-corrected chi connectivity index (χ0v) is 18.4. The summed E-state index contributed by atoms with van der Waals surface area (Å²) >= 11 is 0. The van der Waals surface area contributed by atoms with E-state index in [1.165, 1.54) is 7.11 Å². The molecule has 1 fully saturated rings. The van der Waals surface area contributed by atoms with Gasteiger partial charge in [-0.3, -0.25) is 0 Å². The average Bonchev–Trinajstić information content (AvgIpc) is 3.12. The lowest BCUT2D eigenvalue weighted by Crippen LogP contribution is -2.28. The molecule has 174 valence electrons. The summed E-state index contributed by atoms with van der Waals surface area (Å²) in [4.78, 5) is 0. The molecule has 8 heteroatoms. The van der Waals surface area contributed by atoms with Gasteiger partial charge in [-0.25, -0.2) is 8.78 Å². The number of benzene rings is 2. The van der Waals surface area contributed by atoms with E-state index in [2.05, 4.69) is 0 Å². The lowest BCUT2D eigenvalue weighted by molar-refractivity contribution is -0.00248. The summed E-state index contributed by atoms with van der Waals surface area (Å²) in [5, 5.41) is 0. The minimum Gasteiger partial charge on any atom is -0.485 e. The van der Waals surface area contributed by atoms with Gasteiger partial charge in [0.15, 0.2) is 13.6 Å². The molecule has 0 aromatic heterocycles. The van der Waals surface area contributed by atoms with Crippen LogP contribution in [0.15, 0.2) is 36.4 Å². The minimum absolute atomic E-state index is 0.0659. The predicted octanol–water partition coefficient (Wildman–Crippen LogP) is 5.06. The highest BCUT2D eigenvalue weighted by Gasteiger charge is 2.53. The quantitative estimate of drug-likeness (QED) is 0.498. The fourth-order valence-corrected chi connectivity index (χ4v) is 4.69. The van der Waals surface area contributed by atoms with Crippen molar-refractivity contribution in [2.45, 2.75) is 37.4 Å². The largest absolute Gasteiger partial charge is 0.485 e. The van der Waals surface area contributed by atoms with E-state index in [4.69, 9.17) is 28.4 Å². The molecule has 4 rings (SSSR count). The summed E-state index contributed by atoms with van der Waals surface area (Å²) in [6.45, 7) is 0.477. The Kier molecular flexibility index (Phi) is 6.83. The van der Waals surface area contributed by atoms with Crippen molar-refractivity contribution in [2.24, 2.45) is 5.92 Å². The molecular formula is C24H28F2O6. The Bertz CT molecular complexity index is 917. The van der Waals surface area contributed by atoms with Crippen LogP contribution in [0.3, 0.4) is 0 Å². The molecule has 0 unspecified atom stereocenters. The van der Waals surface area contributed by atoms with Gasteiger partial charge in [0.1, 0.15) is 23.4 Å². The van der Waals surface area contributed by atoms with E-state index in [9.17, 15) is 8.78 Å². The number of hydrogen-bond donors (Lipinski definition) is 0. The number of alkyl halides is 2. The van der Waals surface area contributed by atoms with E-state index < -0.39 is 12.0 Å². The van der Waals surface area contributed by atoms with E-state index >= 15 is 0 Å². The summed E-state index contributed by atoms with van der Waals surface area (Å²) in [5.41, 5.74) is 2.33. The highest BCUT2D eigenvalue weighted by molar-refractivity contribution is 5.52. The van der Waals surface area contributed by atoms with E-state index in [0.29, 0.717) is 17.2 Å². The smallest absolute Gasteiger partial charge is 0.249 e. The first-order chi connectivity index (χ1) is 15.5. The van der Waals surface area contributed by atoms with Gasteiger partial charge in [-0.2, -0.15) is 0 Å². The Morgan fingerprint density at radius 2 is 1.59 bits per heavy atom. The molecule has 0 saturated heterocycles. The van der Waals surface area contributed by atoms with Gasteiger partial charge in [0, 0.05) is 57.1 Å². The summed E-state index contributed by atoms with van der Waals surface area (Å²) in [6, 6.07) is 10.9. The molecule has 3 atom stereocenters. The molecular weight excluding hydrogens is 422 g/mol. The van der Waals surface area contributed by atoms with Gasteiger partial charge in [-0.1, -0.05) is 12.1 Å². The van der Waals surface area contributed by atoms with Crippen molar-refractivity contribution in [3.8, 4) is 17.2 Å². The van der Waals surface area contributed by atoms with Gasteiger partial charge >= 0.3 is 0 Å². The molecule has 0 N–H and O–H groups in total. The first kappa shape index (κ1) is 22.8. The topological polar surface area (TPSA) is 55.4 Å². The molecule has 0 amide bonds. The van der Waals surface area contributed by atoms with Crippen LogP contribution in [0.25, 0.3) is 0 Å². The second-order valence-electron chi connectivity index (χ2n) is 8.18.